The Hall–Kier alpha value is -9.83. The van der Waals surface area contributed by atoms with E-state index in [1.54, 1.807) is 45.4 Å². The monoisotopic (exact) mass is 1580 g/mol. The zero-order chi connectivity index (χ0) is 78.9. The summed E-state index contributed by atoms with van der Waals surface area (Å²) in [4.78, 5) is 94.0. The molecule has 3 fully saturated rings. The molecule has 9 atom stereocenters. The van der Waals surface area contributed by atoms with E-state index in [2.05, 4.69) is 47.7 Å². The van der Waals surface area contributed by atoms with E-state index in [1.165, 1.54) is 57.9 Å². The lowest BCUT2D eigenvalue weighted by Gasteiger charge is -2.37. The third-order valence-corrected chi connectivity index (χ3v) is 23.7. The van der Waals surface area contributed by atoms with E-state index < -0.39 is 123 Å². The molecule has 3 saturated heterocycles. The molecule has 35 heteroatoms. The Morgan fingerprint density at radius 2 is 1.32 bits per heavy atom. The number of methoxy groups -OCH3 is 3. The highest BCUT2D eigenvalue weighted by atomic mass is 32.2. The second-order valence-corrected chi connectivity index (χ2v) is 31.4. The molecule has 4 N–H and O–H groups in total. The Bertz CT molecular complexity index is 4760. The summed E-state index contributed by atoms with van der Waals surface area (Å²) in [6.07, 6.45) is -4.15. The lowest BCUT2D eigenvalue weighted by molar-refractivity contribution is -0.130. The zero-order valence-electron chi connectivity index (χ0n) is 62.4. The van der Waals surface area contributed by atoms with Gasteiger partial charge in [0.1, 0.15) is 54.1 Å². The second kappa shape index (κ2) is 37.9. The Morgan fingerprint density at radius 3 is 1.97 bits per heavy atom. The molecule has 3 aliphatic rings. The van der Waals surface area contributed by atoms with Gasteiger partial charge in [0.05, 0.1) is 120 Å². The number of carbonyl (C=O) groups excluding carboxylic acids is 5. The van der Waals surface area contributed by atoms with Gasteiger partial charge in [-0.3, -0.25) is 48.8 Å². The molecule has 8 aromatic rings. The number of urea groups is 1. The molecule has 588 valence electrons. The molecular formula is C76H88N12O20P2S. The number of aromatic nitrogens is 5. The fourth-order valence-corrected chi connectivity index (χ4v) is 17.2. The van der Waals surface area contributed by atoms with Crippen LogP contribution in [-0.4, -0.2) is 188 Å². The molecule has 0 bridgehead atoms. The maximum atomic E-state index is 13.8. The first-order valence-corrected chi connectivity index (χ1v) is 39.8. The SMILES string of the molecule is COc1ccc(C(OCC2OC(N3CC(C)C(=O)NC3=O)C[C@H]2OP(OCCC#N)OCC2O[C@@H](n3cnc4c(=O)[nH]c(NC(=O)CCNC(=O)Cc5cn(C(=O)OCCS(=O)(=O)c6ccc(OC)cc6)c6ccccc56)nc43)C[C@H]2OP(OCCC#N)N(C(C)C)C(C)C)(c2ccccc2)c2ccc(OC)cc2)cc1. The maximum absolute atomic E-state index is 13.8. The molecule has 5 amide bonds. The molecule has 0 aliphatic carbocycles. The number of fused-ring (bicyclic) bond motifs is 2. The summed E-state index contributed by atoms with van der Waals surface area (Å²) >= 11 is 0. The third kappa shape index (κ3) is 19.9. The Labute approximate surface area is 643 Å². The number of benzene rings is 5. The van der Waals surface area contributed by atoms with Crippen molar-refractivity contribution in [2.45, 2.75) is 133 Å². The number of rotatable bonds is 37. The number of sulfone groups is 1. The number of para-hydroxylation sites is 1. The van der Waals surface area contributed by atoms with Gasteiger partial charge in [0.25, 0.3) is 14.1 Å². The van der Waals surface area contributed by atoms with Gasteiger partial charge in [-0.25, -0.2) is 27.7 Å². The van der Waals surface area contributed by atoms with Crippen molar-refractivity contribution in [1.29, 1.82) is 10.5 Å². The van der Waals surface area contributed by atoms with Crippen LogP contribution in [0, 0.1) is 28.6 Å². The van der Waals surface area contributed by atoms with Gasteiger partial charge < -0.3 is 61.1 Å². The minimum Gasteiger partial charge on any atom is -0.497 e. The van der Waals surface area contributed by atoms with E-state index in [1.807, 2.05) is 107 Å². The molecule has 0 radical (unpaired) electrons. The number of imide groups is 1. The van der Waals surface area contributed by atoms with Crippen LogP contribution >= 0.6 is 17.1 Å². The van der Waals surface area contributed by atoms with Gasteiger partial charge in [-0.2, -0.15) is 15.5 Å². The van der Waals surface area contributed by atoms with E-state index in [-0.39, 0.29) is 112 Å². The summed E-state index contributed by atoms with van der Waals surface area (Å²) in [5.41, 5.74) is 0.952. The minimum absolute atomic E-state index is 0.0127. The lowest BCUT2D eigenvalue weighted by atomic mass is 9.80. The molecular weight excluding hydrogens is 1490 g/mol. The largest absolute Gasteiger partial charge is 0.497 e. The van der Waals surface area contributed by atoms with Gasteiger partial charge in [-0.1, -0.05) is 79.7 Å². The fraction of sp³-hybridized carbons (Fsp3) is 0.421. The molecule has 0 saturated carbocycles. The quantitative estimate of drug-likeness (QED) is 0.0160. The summed E-state index contributed by atoms with van der Waals surface area (Å²) in [6.45, 7) is 8.54. The standard InChI is InChI=1S/C76H88N12O20P2S/c1-48(2)88(49(3)4)109(102-36-14-33-77)107-61-41-68(87-47-80-69-70(87)82-73(83-72(69)92)81-65(89)32-35-79-66(90)40-51-44-85(60-19-13-12-18-59(51)60)75(94)100-38-39-111(95,96)58-30-28-57(99-8)29-31-58)106-64(61)46-104-110(103-37-15-34-78)108-62-42-67(86-43-50(5)71(91)84-74(86)93)105-63(62)45-101-76(52-16-10-9-11-17-52,53-20-24-55(97-6)25-21-53)54-22-26-56(98-7)27-23-54/h9-13,16-31,44,47-50,61-64,67-68H,14-15,32,35-43,45-46H2,1-8H3,(H,79,90)(H,84,91,93)(H2,81,82,83,89,92)/t50?,61-,62-,63?,64?,67?,68-,109?,110?/m1/s1. The number of carbonyl (C=O) groups is 5. The van der Waals surface area contributed by atoms with Gasteiger partial charge in [-0.05, 0) is 105 Å². The summed E-state index contributed by atoms with van der Waals surface area (Å²) in [5.74, 6) is -1.18. The van der Waals surface area contributed by atoms with E-state index in [9.17, 15) is 47.7 Å². The van der Waals surface area contributed by atoms with Crippen LogP contribution in [0.15, 0.2) is 150 Å². The van der Waals surface area contributed by atoms with Gasteiger partial charge in [0.15, 0.2) is 21.0 Å². The van der Waals surface area contributed by atoms with Gasteiger partial charge >= 0.3 is 20.7 Å². The maximum Gasteiger partial charge on any atom is 0.418 e. The first-order valence-electron chi connectivity index (χ1n) is 36.0. The molecule has 0 spiro atoms. The molecule has 11 rings (SSSR count). The number of nitrogens with zero attached hydrogens (tertiary/aromatic N) is 8. The number of hydrogen-bond donors (Lipinski definition) is 4. The van der Waals surface area contributed by atoms with Crippen LogP contribution in [0.25, 0.3) is 22.1 Å². The first kappa shape index (κ1) is 82.1. The number of amides is 5. The van der Waals surface area contributed by atoms with Gasteiger partial charge in [0, 0.05) is 56.0 Å². The molecule has 6 heterocycles. The minimum atomic E-state index is -3.81. The van der Waals surface area contributed by atoms with Crippen molar-refractivity contribution < 1.29 is 88.2 Å². The number of hydrogen-bond acceptors (Lipinski definition) is 25. The van der Waals surface area contributed by atoms with Crippen LogP contribution < -0.4 is 35.7 Å². The number of anilines is 1. The lowest BCUT2D eigenvalue weighted by Crippen LogP contribution is -2.57. The van der Waals surface area contributed by atoms with Gasteiger partial charge in [-0.15, -0.1) is 0 Å². The Kier molecular flexibility index (Phi) is 28.1. The predicted molar refractivity (Wildman–Crippen MR) is 405 cm³/mol. The fourth-order valence-electron chi connectivity index (χ4n) is 13.2. The van der Waals surface area contributed by atoms with Crippen LogP contribution in [0.2, 0.25) is 0 Å². The highest BCUT2D eigenvalue weighted by molar-refractivity contribution is 7.91. The van der Waals surface area contributed by atoms with Crippen LogP contribution in [0.4, 0.5) is 15.5 Å². The molecule has 3 aliphatic heterocycles. The van der Waals surface area contributed by atoms with Crippen molar-refractivity contribution in [2.75, 3.05) is 78.5 Å². The Morgan fingerprint density at radius 1 is 0.730 bits per heavy atom. The number of aromatic amines is 1. The number of H-pyrrole nitrogens is 1. The second-order valence-electron chi connectivity index (χ2n) is 26.7. The van der Waals surface area contributed by atoms with Crippen molar-refractivity contribution in [3.8, 4) is 29.4 Å². The average Bonchev–Trinajstić information content (AvgIpc) is 0.911. The molecule has 6 unspecified atom stereocenters. The normalized spacial score (nSPS) is 19.3. The van der Waals surface area contributed by atoms with Crippen molar-refractivity contribution in [2.24, 2.45) is 5.92 Å². The molecule has 5 aromatic carbocycles. The molecule has 3 aromatic heterocycles. The Balaban J connectivity index is 0.814. The highest BCUT2D eigenvalue weighted by Gasteiger charge is 2.49. The summed E-state index contributed by atoms with van der Waals surface area (Å²) in [7, 11) is -3.59. The summed E-state index contributed by atoms with van der Waals surface area (Å²) in [5, 5.41) is 27.8. The van der Waals surface area contributed by atoms with Crippen LogP contribution in [0.5, 0.6) is 17.2 Å². The number of ether oxygens (including phenoxy) is 7. The van der Waals surface area contributed by atoms with Crippen LogP contribution in [0.3, 0.4) is 0 Å². The number of nitrogens with one attached hydrogen (secondary N) is 4. The molecule has 32 nitrogen and oxygen atoms in total. The predicted octanol–water partition coefficient (Wildman–Crippen LogP) is 10.1. The topological polar surface area (TPSA) is 389 Å². The highest BCUT2D eigenvalue weighted by Crippen LogP contribution is 2.52. The number of nitriles is 2. The summed E-state index contributed by atoms with van der Waals surface area (Å²) < 4.78 is 107. The molecule has 111 heavy (non-hydrogen) atoms. The van der Waals surface area contributed by atoms with Crippen LogP contribution in [0.1, 0.15) is 95.2 Å². The summed E-state index contributed by atoms with van der Waals surface area (Å²) in [6, 6.07) is 40.6. The van der Waals surface area contributed by atoms with Crippen molar-refractivity contribution in [3.63, 3.8) is 0 Å². The van der Waals surface area contributed by atoms with E-state index in [0.29, 0.717) is 33.7 Å². The van der Waals surface area contributed by atoms with Crippen molar-refractivity contribution >= 4 is 84.8 Å². The third-order valence-electron chi connectivity index (χ3n) is 18.6. The zero-order valence-corrected chi connectivity index (χ0v) is 65.0. The van der Waals surface area contributed by atoms with Crippen molar-refractivity contribution in [3.05, 3.63) is 173 Å². The smallest absolute Gasteiger partial charge is 0.418 e. The first-order chi connectivity index (χ1) is 53.5. The van der Waals surface area contributed by atoms with E-state index >= 15 is 0 Å². The van der Waals surface area contributed by atoms with Crippen molar-refractivity contribution in [1.82, 2.24) is 44.3 Å². The van der Waals surface area contributed by atoms with Crippen LogP contribution in [-0.2, 0) is 77.8 Å². The van der Waals surface area contributed by atoms with E-state index in [0.717, 1.165) is 16.7 Å². The number of imidazole rings is 1. The van der Waals surface area contributed by atoms with E-state index in [4.69, 9.17) is 55.8 Å². The average molecular weight is 1580 g/mol. The van der Waals surface area contributed by atoms with Gasteiger partial charge in [0.2, 0.25) is 23.7 Å².